The summed E-state index contributed by atoms with van der Waals surface area (Å²) in [6, 6.07) is 1.62. The number of aromatic nitrogens is 1. The molecule has 0 spiro atoms. The Kier molecular flexibility index (Phi) is 5.71. The smallest absolute Gasteiger partial charge is 0.352 e. The number of hydrogen-bond acceptors (Lipinski definition) is 2. The Morgan fingerprint density at radius 2 is 2.24 bits per heavy atom. The van der Waals surface area contributed by atoms with Crippen molar-refractivity contribution < 1.29 is 14.6 Å². The van der Waals surface area contributed by atoms with E-state index in [1.165, 1.54) is 0 Å². The van der Waals surface area contributed by atoms with Gasteiger partial charge in [-0.1, -0.05) is 0 Å². The maximum absolute atomic E-state index is 10.9. The summed E-state index contributed by atoms with van der Waals surface area (Å²) in [5.41, 5.74) is 0.321. The largest absolute Gasteiger partial charge is 0.477 e. The summed E-state index contributed by atoms with van der Waals surface area (Å²) in [5.74, 6) is -0.894. The van der Waals surface area contributed by atoms with E-state index >= 15 is 0 Å². The lowest BCUT2D eigenvalue weighted by Gasteiger charge is -2.08. The Labute approximate surface area is 110 Å². The molecule has 96 valence electrons. The van der Waals surface area contributed by atoms with Crippen LogP contribution in [0.25, 0.3) is 0 Å². The van der Waals surface area contributed by atoms with Crippen LogP contribution in [-0.4, -0.2) is 28.4 Å². The second-order valence-corrected chi connectivity index (χ2v) is 5.08. The van der Waals surface area contributed by atoms with E-state index in [2.05, 4.69) is 15.9 Å². The van der Waals surface area contributed by atoms with Crippen LogP contribution in [0.1, 0.15) is 37.2 Å². The number of unbranched alkanes of at least 4 members (excludes halogenated alkanes) is 1. The van der Waals surface area contributed by atoms with Gasteiger partial charge in [0.2, 0.25) is 0 Å². The number of aromatic carboxylic acids is 1. The lowest BCUT2D eigenvalue weighted by atomic mass is 10.3. The predicted octanol–water partition coefficient (Wildman–Crippen LogP) is 3.15. The van der Waals surface area contributed by atoms with Gasteiger partial charge in [0.25, 0.3) is 0 Å². The summed E-state index contributed by atoms with van der Waals surface area (Å²) >= 11 is 3.28. The maximum atomic E-state index is 10.9. The molecule has 4 nitrogen and oxygen atoms in total. The first-order valence-corrected chi connectivity index (χ1v) is 6.50. The number of carboxylic acid groups (broad SMARTS) is 1. The molecule has 1 N–H and O–H groups in total. The molecule has 0 atom stereocenters. The lowest BCUT2D eigenvalue weighted by molar-refractivity contribution is 0.0683. The number of hydrogen-bond donors (Lipinski definition) is 1. The highest BCUT2D eigenvalue weighted by Gasteiger charge is 2.10. The van der Waals surface area contributed by atoms with Crippen LogP contribution in [-0.2, 0) is 11.3 Å². The van der Waals surface area contributed by atoms with Gasteiger partial charge in [0.05, 0.1) is 6.10 Å². The van der Waals surface area contributed by atoms with E-state index in [1.807, 2.05) is 13.8 Å². The first-order valence-electron chi connectivity index (χ1n) is 5.71. The van der Waals surface area contributed by atoms with E-state index in [4.69, 9.17) is 9.84 Å². The predicted molar refractivity (Wildman–Crippen MR) is 69.4 cm³/mol. The molecule has 1 rings (SSSR count). The fourth-order valence-corrected chi connectivity index (χ4v) is 2.01. The first-order chi connectivity index (χ1) is 8.00. The zero-order valence-corrected chi connectivity index (χ0v) is 11.7. The number of rotatable bonds is 7. The van der Waals surface area contributed by atoms with Crippen molar-refractivity contribution in [1.82, 2.24) is 4.57 Å². The van der Waals surface area contributed by atoms with E-state index in [-0.39, 0.29) is 6.10 Å². The molecule has 0 amide bonds. The van der Waals surface area contributed by atoms with Crippen LogP contribution in [0.15, 0.2) is 16.7 Å². The van der Waals surface area contributed by atoms with E-state index in [0.29, 0.717) is 12.2 Å². The fraction of sp³-hybridized carbons (Fsp3) is 0.583. The molecule has 0 aliphatic carbocycles. The molecular weight excluding hydrogens is 286 g/mol. The zero-order valence-electron chi connectivity index (χ0n) is 10.1. The Bertz CT molecular complexity index is 374. The van der Waals surface area contributed by atoms with Crippen molar-refractivity contribution in [1.29, 1.82) is 0 Å². The van der Waals surface area contributed by atoms with E-state index in [9.17, 15) is 4.79 Å². The highest BCUT2D eigenvalue weighted by atomic mass is 79.9. The molecule has 0 aromatic carbocycles. The van der Waals surface area contributed by atoms with Crippen molar-refractivity contribution in [3.8, 4) is 0 Å². The number of carboxylic acids is 1. The van der Waals surface area contributed by atoms with Crippen LogP contribution < -0.4 is 0 Å². The molecule has 1 aromatic heterocycles. The SMILES string of the molecule is CC(C)OCCCCn1cc(Br)cc1C(=O)O. The second-order valence-electron chi connectivity index (χ2n) is 4.17. The van der Waals surface area contributed by atoms with Crippen molar-refractivity contribution in [2.75, 3.05) is 6.61 Å². The van der Waals surface area contributed by atoms with Crippen molar-refractivity contribution >= 4 is 21.9 Å². The second kappa shape index (κ2) is 6.81. The average molecular weight is 304 g/mol. The summed E-state index contributed by atoms with van der Waals surface area (Å²) in [6.07, 6.45) is 3.90. The number of aryl methyl sites for hydroxylation is 1. The third-order valence-electron chi connectivity index (χ3n) is 2.33. The molecule has 1 aromatic rings. The van der Waals surface area contributed by atoms with Gasteiger partial charge >= 0.3 is 5.97 Å². The maximum Gasteiger partial charge on any atom is 0.352 e. The molecular formula is C12H18BrNO3. The van der Waals surface area contributed by atoms with Gasteiger partial charge in [-0.25, -0.2) is 4.79 Å². The minimum Gasteiger partial charge on any atom is -0.477 e. The molecule has 0 fully saturated rings. The van der Waals surface area contributed by atoms with E-state index in [0.717, 1.165) is 23.9 Å². The van der Waals surface area contributed by atoms with Gasteiger partial charge in [0.15, 0.2) is 0 Å². The third-order valence-corrected chi connectivity index (χ3v) is 2.76. The molecule has 0 aliphatic heterocycles. The van der Waals surface area contributed by atoms with Gasteiger partial charge in [0, 0.05) is 23.8 Å². The number of halogens is 1. The van der Waals surface area contributed by atoms with Gasteiger partial charge in [0.1, 0.15) is 5.69 Å². The molecule has 0 unspecified atom stereocenters. The molecule has 0 radical (unpaired) electrons. The van der Waals surface area contributed by atoms with Gasteiger partial charge < -0.3 is 14.4 Å². The Morgan fingerprint density at radius 1 is 1.53 bits per heavy atom. The summed E-state index contributed by atoms with van der Waals surface area (Å²) in [5, 5.41) is 8.99. The summed E-state index contributed by atoms with van der Waals surface area (Å²) in [6.45, 7) is 5.44. The van der Waals surface area contributed by atoms with Gasteiger partial charge in [-0.05, 0) is 48.7 Å². The normalized spacial score (nSPS) is 11.1. The van der Waals surface area contributed by atoms with Crippen LogP contribution in [0.5, 0.6) is 0 Å². The first kappa shape index (κ1) is 14.3. The monoisotopic (exact) mass is 303 g/mol. The van der Waals surface area contributed by atoms with Crippen LogP contribution >= 0.6 is 15.9 Å². The van der Waals surface area contributed by atoms with Gasteiger partial charge in [-0.2, -0.15) is 0 Å². The highest BCUT2D eigenvalue weighted by molar-refractivity contribution is 9.10. The molecule has 0 saturated heterocycles. The third kappa shape index (κ3) is 4.91. The van der Waals surface area contributed by atoms with Crippen LogP contribution in [0.4, 0.5) is 0 Å². The fourth-order valence-electron chi connectivity index (χ4n) is 1.54. The number of carbonyl (C=O) groups is 1. The molecule has 0 bridgehead atoms. The van der Waals surface area contributed by atoms with Crippen LogP contribution in [0.2, 0.25) is 0 Å². The van der Waals surface area contributed by atoms with Crippen molar-refractivity contribution in [2.45, 2.75) is 39.3 Å². The zero-order chi connectivity index (χ0) is 12.8. The lowest BCUT2D eigenvalue weighted by Crippen LogP contribution is -2.09. The Balaban J connectivity index is 2.38. The van der Waals surface area contributed by atoms with Crippen molar-refractivity contribution in [3.05, 3.63) is 22.4 Å². The van der Waals surface area contributed by atoms with Crippen LogP contribution in [0, 0.1) is 0 Å². The quantitative estimate of drug-likeness (QED) is 0.787. The van der Waals surface area contributed by atoms with Crippen LogP contribution in [0.3, 0.4) is 0 Å². The number of ether oxygens (including phenoxy) is 1. The Morgan fingerprint density at radius 3 is 2.82 bits per heavy atom. The summed E-state index contributed by atoms with van der Waals surface area (Å²) in [4.78, 5) is 10.9. The van der Waals surface area contributed by atoms with Crippen molar-refractivity contribution in [2.24, 2.45) is 0 Å². The highest BCUT2D eigenvalue weighted by Crippen LogP contribution is 2.15. The standard InChI is InChI=1S/C12H18BrNO3/c1-9(2)17-6-4-3-5-14-8-10(13)7-11(14)12(15)16/h7-9H,3-6H2,1-2H3,(H,15,16). The topological polar surface area (TPSA) is 51.5 Å². The minimum atomic E-state index is -0.894. The Hall–Kier alpha value is -0.810. The van der Waals surface area contributed by atoms with Gasteiger partial charge in [-0.3, -0.25) is 0 Å². The minimum absolute atomic E-state index is 0.255. The van der Waals surface area contributed by atoms with E-state index in [1.54, 1.807) is 16.8 Å². The molecule has 1 heterocycles. The molecule has 0 aliphatic rings. The number of nitrogens with zero attached hydrogens (tertiary/aromatic N) is 1. The average Bonchev–Trinajstić information content (AvgIpc) is 2.59. The van der Waals surface area contributed by atoms with Crippen molar-refractivity contribution in [3.63, 3.8) is 0 Å². The van der Waals surface area contributed by atoms with E-state index < -0.39 is 5.97 Å². The summed E-state index contributed by atoms with van der Waals surface area (Å²) in [7, 11) is 0. The summed E-state index contributed by atoms with van der Waals surface area (Å²) < 4.78 is 7.98. The van der Waals surface area contributed by atoms with Gasteiger partial charge in [-0.15, -0.1) is 0 Å². The molecule has 0 saturated carbocycles. The molecule has 5 heteroatoms. The molecule has 17 heavy (non-hydrogen) atoms.